The van der Waals surface area contributed by atoms with E-state index in [2.05, 4.69) is 36.4 Å². The van der Waals surface area contributed by atoms with E-state index in [0.717, 1.165) is 37.8 Å². The Morgan fingerprint density at radius 3 is 2.85 bits per heavy atom. The molecule has 0 saturated heterocycles. The largest absolute Gasteiger partial charge is 0.327 e. The van der Waals surface area contributed by atoms with Crippen LogP contribution in [0.1, 0.15) is 5.56 Å². The quantitative estimate of drug-likeness (QED) is 0.477. The van der Waals surface area contributed by atoms with Gasteiger partial charge in [0.25, 0.3) is 0 Å². The van der Waals surface area contributed by atoms with E-state index in [0.29, 0.717) is 5.16 Å². The fourth-order valence-corrected chi connectivity index (χ4v) is 3.99. The Labute approximate surface area is 168 Å². The molecule has 0 aliphatic heterocycles. The lowest BCUT2D eigenvalue weighted by molar-refractivity contribution is -0.113. The molecule has 0 aliphatic carbocycles. The van der Waals surface area contributed by atoms with Gasteiger partial charge in [-0.25, -0.2) is 4.98 Å². The lowest BCUT2D eigenvalue weighted by atomic mass is 10.2. The zero-order valence-electron chi connectivity index (χ0n) is 14.7. The summed E-state index contributed by atoms with van der Waals surface area (Å²) in [6.45, 7) is 1.95. The minimum absolute atomic E-state index is 0.105. The normalized spacial score (nSPS) is 11.2. The number of fused-ring (bicyclic) bond motifs is 3. The molecule has 1 N–H and O–H groups in total. The molecule has 0 fully saturated rings. The third-order valence-electron chi connectivity index (χ3n) is 4.28. The summed E-state index contributed by atoms with van der Waals surface area (Å²) in [4.78, 5) is 16.9. The highest BCUT2D eigenvalue weighted by Crippen LogP contribution is 2.26. The molecule has 2 heterocycles. The maximum atomic E-state index is 12.3. The maximum Gasteiger partial charge on any atom is 0.234 e. The van der Waals surface area contributed by atoms with Gasteiger partial charge in [-0.1, -0.05) is 45.9 Å². The van der Waals surface area contributed by atoms with Gasteiger partial charge in [0.2, 0.25) is 11.1 Å². The third kappa shape index (κ3) is 3.54. The van der Waals surface area contributed by atoms with Crippen LogP contribution < -0.4 is 5.32 Å². The Bertz CT molecular complexity index is 1170. The zero-order valence-corrected chi connectivity index (χ0v) is 17.1. The van der Waals surface area contributed by atoms with Crippen LogP contribution in [0.25, 0.3) is 22.1 Å². The second kappa shape index (κ2) is 7.28. The maximum absolute atomic E-state index is 12.3. The molecule has 0 spiro atoms. The fourth-order valence-electron chi connectivity index (χ4n) is 2.94. The van der Waals surface area contributed by atoms with E-state index in [1.807, 2.05) is 61.0 Å². The van der Waals surface area contributed by atoms with Crippen LogP contribution >= 0.6 is 27.7 Å². The molecule has 0 unspecified atom stereocenters. The van der Waals surface area contributed by atoms with Gasteiger partial charge < -0.3 is 9.88 Å². The lowest BCUT2D eigenvalue weighted by Crippen LogP contribution is -2.15. The van der Waals surface area contributed by atoms with Gasteiger partial charge in [0.1, 0.15) is 5.52 Å². The molecule has 136 valence electrons. The summed E-state index contributed by atoms with van der Waals surface area (Å²) >= 11 is 4.69. The van der Waals surface area contributed by atoms with Crippen molar-refractivity contribution in [3.05, 3.63) is 52.5 Å². The van der Waals surface area contributed by atoms with E-state index in [1.165, 1.54) is 11.8 Å². The summed E-state index contributed by atoms with van der Waals surface area (Å²) in [5.41, 5.74) is 4.38. The number of nitrogens with one attached hydrogen (secondary N) is 1. The lowest BCUT2D eigenvalue weighted by Gasteiger charge is -2.08. The van der Waals surface area contributed by atoms with Gasteiger partial charge in [0.05, 0.1) is 11.3 Å². The monoisotopic (exact) mass is 441 g/mol. The molecule has 2 aromatic heterocycles. The molecule has 4 rings (SSSR count). The number of anilines is 1. The topological polar surface area (TPSA) is 72.7 Å². The first-order valence-electron chi connectivity index (χ1n) is 8.29. The van der Waals surface area contributed by atoms with Gasteiger partial charge in [0, 0.05) is 22.6 Å². The van der Waals surface area contributed by atoms with E-state index in [4.69, 9.17) is 0 Å². The Morgan fingerprint density at radius 1 is 1.22 bits per heavy atom. The first kappa shape index (κ1) is 17.9. The number of amides is 1. The first-order chi connectivity index (χ1) is 13.0. The van der Waals surface area contributed by atoms with Crippen LogP contribution in [0.15, 0.2) is 52.1 Å². The standard InChI is InChI=1S/C19H16BrN5OS/c1-11-9-12(20)7-8-14(11)21-16(26)10-27-19-22-18-17(23-24-19)13-5-3-4-6-15(13)25(18)2/h3-9H,10H2,1-2H3,(H,21,26). The Balaban J connectivity index is 1.51. The van der Waals surface area contributed by atoms with Crippen molar-refractivity contribution in [2.24, 2.45) is 7.05 Å². The predicted molar refractivity (Wildman–Crippen MR) is 112 cm³/mol. The number of thioether (sulfide) groups is 1. The molecule has 2 aromatic carbocycles. The number of carbonyl (C=O) groups excluding carboxylic acids is 1. The highest BCUT2D eigenvalue weighted by molar-refractivity contribution is 9.10. The molecule has 0 radical (unpaired) electrons. The van der Waals surface area contributed by atoms with Crippen molar-refractivity contribution in [3.8, 4) is 0 Å². The molecule has 0 bridgehead atoms. The summed E-state index contributed by atoms with van der Waals surface area (Å²) in [5, 5.41) is 12.9. The minimum atomic E-state index is -0.105. The van der Waals surface area contributed by atoms with Crippen LogP contribution in [0.3, 0.4) is 0 Å². The van der Waals surface area contributed by atoms with E-state index < -0.39 is 0 Å². The zero-order chi connectivity index (χ0) is 19.0. The number of hydrogen-bond acceptors (Lipinski definition) is 5. The van der Waals surface area contributed by atoms with E-state index in [1.54, 1.807) is 0 Å². The Morgan fingerprint density at radius 2 is 2.04 bits per heavy atom. The number of benzene rings is 2. The van der Waals surface area contributed by atoms with Crippen LogP contribution in [0.5, 0.6) is 0 Å². The number of aryl methyl sites for hydroxylation is 2. The molecule has 6 nitrogen and oxygen atoms in total. The minimum Gasteiger partial charge on any atom is -0.327 e. The molecule has 0 atom stereocenters. The second-order valence-corrected chi connectivity index (χ2v) is 8.00. The number of halogens is 1. The van der Waals surface area contributed by atoms with E-state index in [-0.39, 0.29) is 11.7 Å². The number of rotatable bonds is 4. The van der Waals surface area contributed by atoms with E-state index in [9.17, 15) is 4.79 Å². The Hall–Kier alpha value is -2.45. The van der Waals surface area contributed by atoms with Crippen LogP contribution in [0.2, 0.25) is 0 Å². The number of hydrogen-bond donors (Lipinski definition) is 1. The van der Waals surface area contributed by atoms with Crippen molar-refractivity contribution < 1.29 is 4.79 Å². The molecular formula is C19H16BrN5OS. The van der Waals surface area contributed by atoms with E-state index >= 15 is 0 Å². The van der Waals surface area contributed by atoms with Gasteiger partial charge in [-0.3, -0.25) is 4.79 Å². The van der Waals surface area contributed by atoms with Crippen molar-refractivity contribution in [2.45, 2.75) is 12.1 Å². The number of nitrogens with zero attached hydrogens (tertiary/aromatic N) is 4. The molecule has 1 amide bonds. The smallest absolute Gasteiger partial charge is 0.234 e. The second-order valence-electron chi connectivity index (χ2n) is 6.14. The third-order valence-corrected chi connectivity index (χ3v) is 5.61. The highest BCUT2D eigenvalue weighted by Gasteiger charge is 2.13. The predicted octanol–water partition coefficient (Wildman–Crippen LogP) is 4.32. The van der Waals surface area contributed by atoms with Gasteiger partial charge in [-0.2, -0.15) is 0 Å². The number of para-hydroxylation sites is 1. The SMILES string of the molecule is Cc1cc(Br)ccc1NC(=O)CSc1nnc2c3ccccc3n(C)c2n1. The molecule has 8 heteroatoms. The summed E-state index contributed by atoms with van der Waals surface area (Å²) in [6, 6.07) is 13.7. The molecular weight excluding hydrogens is 426 g/mol. The Kier molecular flexibility index (Phi) is 4.84. The number of carbonyl (C=O) groups is 1. The van der Waals surface area contributed by atoms with Crippen molar-refractivity contribution in [1.29, 1.82) is 0 Å². The van der Waals surface area contributed by atoms with Crippen molar-refractivity contribution >= 4 is 61.4 Å². The van der Waals surface area contributed by atoms with Crippen molar-refractivity contribution in [2.75, 3.05) is 11.1 Å². The van der Waals surface area contributed by atoms with Gasteiger partial charge in [0.15, 0.2) is 5.65 Å². The first-order valence-corrected chi connectivity index (χ1v) is 10.1. The van der Waals surface area contributed by atoms with Crippen molar-refractivity contribution in [3.63, 3.8) is 0 Å². The van der Waals surface area contributed by atoms with Crippen LogP contribution in [0, 0.1) is 6.92 Å². The molecule has 27 heavy (non-hydrogen) atoms. The average Bonchev–Trinajstić information content (AvgIpc) is 2.95. The molecule has 0 saturated carbocycles. The van der Waals surface area contributed by atoms with Gasteiger partial charge >= 0.3 is 0 Å². The average molecular weight is 442 g/mol. The van der Waals surface area contributed by atoms with Crippen molar-refractivity contribution in [1.82, 2.24) is 19.7 Å². The summed E-state index contributed by atoms with van der Waals surface area (Å²) in [6.07, 6.45) is 0. The fraction of sp³-hybridized carbons (Fsp3) is 0.158. The molecule has 4 aromatic rings. The van der Waals surface area contributed by atoms with Crippen LogP contribution in [-0.4, -0.2) is 31.4 Å². The van der Waals surface area contributed by atoms with Crippen LogP contribution in [-0.2, 0) is 11.8 Å². The summed E-state index contributed by atoms with van der Waals surface area (Å²) in [7, 11) is 1.96. The van der Waals surface area contributed by atoms with Crippen LogP contribution in [0.4, 0.5) is 5.69 Å². The summed E-state index contributed by atoms with van der Waals surface area (Å²) < 4.78 is 2.98. The number of aromatic nitrogens is 4. The van der Waals surface area contributed by atoms with Gasteiger partial charge in [-0.15, -0.1) is 10.2 Å². The highest BCUT2D eigenvalue weighted by atomic mass is 79.9. The summed E-state index contributed by atoms with van der Waals surface area (Å²) in [5.74, 6) is 0.110. The van der Waals surface area contributed by atoms with Gasteiger partial charge in [-0.05, 0) is 36.8 Å². The molecule has 0 aliphatic rings.